The Balaban J connectivity index is 1.76. The standard InChI is InChI=1S/C25H32N4O3/c1-5-20(3)29(25(31)26-21-12-10-19(2)11-13-21)18-24(30)28(17-23-9-7-15-32-23)16-22-8-6-14-27(22)4/h6-15,20H,5,16-18H2,1-4H3,(H,26,31). The zero-order valence-electron chi connectivity index (χ0n) is 19.2. The average Bonchev–Trinajstić information content (AvgIpc) is 3.44. The SMILES string of the molecule is CCC(C)N(CC(=O)N(Cc1ccco1)Cc1cccn1C)C(=O)Nc1ccc(C)cc1. The van der Waals surface area contributed by atoms with E-state index in [4.69, 9.17) is 4.42 Å². The molecule has 0 fully saturated rings. The molecule has 0 spiro atoms. The molecule has 0 bridgehead atoms. The Hall–Kier alpha value is -3.48. The van der Waals surface area contributed by atoms with Gasteiger partial charge in [0, 0.05) is 30.7 Å². The molecule has 3 aromatic rings. The summed E-state index contributed by atoms with van der Waals surface area (Å²) in [6.45, 7) is 6.71. The van der Waals surface area contributed by atoms with Crippen molar-refractivity contribution >= 4 is 17.6 Å². The van der Waals surface area contributed by atoms with Gasteiger partial charge in [-0.25, -0.2) is 4.79 Å². The summed E-state index contributed by atoms with van der Waals surface area (Å²) in [4.78, 5) is 29.8. The van der Waals surface area contributed by atoms with Crippen molar-refractivity contribution in [1.29, 1.82) is 0 Å². The number of furan rings is 1. The minimum absolute atomic E-state index is 0.0160. The summed E-state index contributed by atoms with van der Waals surface area (Å²) in [5, 5.41) is 2.92. The van der Waals surface area contributed by atoms with E-state index in [1.807, 2.05) is 81.0 Å². The van der Waals surface area contributed by atoms with Crippen molar-refractivity contribution in [2.24, 2.45) is 7.05 Å². The number of rotatable bonds is 9. The first-order valence-electron chi connectivity index (χ1n) is 10.9. The number of carbonyl (C=O) groups is 2. The van der Waals surface area contributed by atoms with Crippen molar-refractivity contribution in [2.75, 3.05) is 11.9 Å². The van der Waals surface area contributed by atoms with Crippen LogP contribution in [0.1, 0.15) is 37.3 Å². The summed E-state index contributed by atoms with van der Waals surface area (Å²) in [5.41, 5.74) is 2.83. The smallest absolute Gasteiger partial charge is 0.322 e. The van der Waals surface area contributed by atoms with E-state index in [0.717, 1.165) is 17.7 Å². The zero-order chi connectivity index (χ0) is 23.1. The van der Waals surface area contributed by atoms with Crippen molar-refractivity contribution in [3.63, 3.8) is 0 Å². The first kappa shape index (κ1) is 23.2. The second-order valence-electron chi connectivity index (χ2n) is 8.12. The fraction of sp³-hybridized carbons (Fsp3) is 0.360. The van der Waals surface area contributed by atoms with Crippen LogP contribution in [0.5, 0.6) is 0 Å². The van der Waals surface area contributed by atoms with E-state index in [-0.39, 0.29) is 24.5 Å². The highest BCUT2D eigenvalue weighted by Crippen LogP contribution is 2.15. The van der Waals surface area contributed by atoms with Crippen LogP contribution in [0.25, 0.3) is 0 Å². The van der Waals surface area contributed by atoms with Gasteiger partial charge in [-0.3, -0.25) is 4.79 Å². The molecular formula is C25H32N4O3. The maximum atomic E-state index is 13.4. The number of hydrogen-bond donors (Lipinski definition) is 1. The topological polar surface area (TPSA) is 70.7 Å². The van der Waals surface area contributed by atoms with Gasteiger partial charge in [-0.15, -0.1) is 0 Å². The first-order valence-corrected chi connectivity index (χ1v) is 10.9. The average molecular weight is 437 g/mol. The number of aryl methyl sites for hydroxylation is 2. The molecule has 3 rings (SSSR count). The van der Waals surface area contributed by atoms with Crippen molar-refractivity contribution in [3.8, 4) is 0 Å². The van der Waals surface area contributed by atoms with E-state index in [0.29, 0.717) is 24.5 Å². The molecule has 1 unspecified atom stereocenters. The number of carbonyl (C=O) groups excluding carboxylic acids is 2. The maximum Gasteiger partial charge on any atom is 0.322 e. The molecule has 0 aliphatic carbocycles. The molecule has 7 nitrogen and oxygen atoms in total. The lowest BCUT2D eigenvalue weighted by molar-refractivity contribution is -0.133. The normalized spacial score (nSPS) is 11.8. The molecule has 32 heavy (non-hydrogen) atoms. The quantitative estimate of drug-likeness (QED) is 0.524. The van der Waals surface area contributed by atoms with Gasteiger partial charge in [-0.05, 0) is 56.7 Å². The van der Waals surface area contributed by atoms with Gasteiger partial charge in [0.1, 0.15) is 12.3 Å². The predicted octanol–water partition coefficient (Wildman–Crippen LogP) is 4.79. The van der Waals surface area contributed by atoms with Crippen LogP contribution < -0.4 is 5.32 Å². The number of nitrogens with one attached hydrogen (secondary N) is 1. The highest BCUT2D eigenvalue weighted by molar-refractivity contribution is 5.92. The zero-order valence-corrected chi connectivity index (χ0v) is 19.2. The Morgan fingerprint density at radius 2 is 1.84 bits per heavy atom. The minimum Gasteiger partial charge on any atom is -0.467 e. The fourth-order valence-electron chi connectivity index (χ4n) is 3.41. The molecule has 7 heteroatoms. The van der Waals surface area contributed by atoms with Crippen LogP contribution in [0.3, 0.4) is 0 Å². The molecule has 170 valence electrons. The van der Waals surface area contributed by atoms with Gasteiger partial charge in [0.15, 0.2) is 0 Å². The summed E-state index contributed by atoms with van der Waals surface area (Å²) < 4.78 is 7.46. The molecule has 0 aliphatic heterocycles. The lowest BCUT2D eigenvalue weighted by Gasteiger charge is -2.31. The third kappa shape index (κ3) is 6.03. The molecule has 0 aliphatic rings. The van der Waals surface area contributed by atoms with E-state index in [1.165, 1.54) is 0 Å². The Morgan fingerprint density at radius 1 is 1.09 bits per heavy atom. The molecule has 0 radical (unpaired) electrons. The molecule has 3 amide bonds. The minimum atomic E-state index is -0.284. The maximum absolute atomic E-state index is 13.4. The molecule has 0 saturated carbocycles. The predicted molar refractivity (Wildman–Crippen MR) is 125 cm³/mol. The number of aromatic nitrogens is 1. The summed E-state index contributed by atoms with van der Waals surface area (Å²) in [5.74, 6) is 0.564. The van der Waals surface area contributed by atoms with Gasteiger partial charge < -0.3 is 24.1 Å². The Morgan fingerprint density at radius 3 is 2.44 bits per heavy atom. The Bertz CT molecular complexity index is 1010. The Kier molecular flexibility index (Phi) is 7.76. The third-order valence-corrected chi connectivity index (χ3v) is 5.68. The number of hydrogen-bond acceptors (Lipinski definition) is 3. The summed E-state index contributed by atoms with van der Waals surface area (Å²) in [6, 6.07) is 14.8. The molecule has 1 N–H and O–H groups in total. The lowest BCUT2D eigenvalue weighted by atomic mass is 10.2. The number of amides is 3. The van der Waals surface area contributed by atoms with Crippen molar-refractivity contribution < 1.29 is 14.0 Å². The summed E-state index contributed by atoms with van der Waals surface area (Å²) in [6.07, 6.45) is 4.29. The van der Waals surface area contributed by atoms with E-state index >= 15 is 0 Å². The van der Waals surface area contributed by atoms with Crippen LogP contribution in [-0.4, -0.2) is 38.9 Å². The number of nitrogens with zero attached hydrogens (tertiary/aromatic N) is 3. The number of anilines is 1. The van der Waals surface area contributed by atoms with E-state index in [1.54, 1.807) is 22.1 Å². The second-order valence-corrected chi connectivity index (χ2v) is 8.12. The van der Waals surface area contributed by atoms with E-state index in [2.05, 4.69) is 5.32 Å². The molecule has 2 heterocycles. The first-order chi connectivity index (χ1) is 15.4. The van der Waals surface area contributed by atoms with Crippen molar-refractivity contribution in [2.45, 2.75) is 46.3 Å². The van der Waals surface area contributed by atoms with Crippen LogP contribution in [0.15, 0.2) is 65.4 Å². The second kappa shape index (κ2) is 10.7. The van der Waals surface area contributed by atoms with E-state index < -0.39 is 0 Å². The Labute approximate surface area is 189 Å². The van der Waals surface area contributed by atoms with Gasteiger partial charge in [-0.2, -0.15) is 0 Å². The monoisotopic (exact) mass is 436 g/mol. The largest absolute Gasteiger partial charge is 0.467 e. The lowest BCUT2D eigenvalue weighted by Crippen LogP contribution is -2.48. The van der Waals surface area contributed by atoms with Crippen LogP contribution in [0.4, 0.5) is 10.5 Å². The van der Waals surface area contributed by atoms with Gasteiger partial charge in [0.05, 0.1) is 19.4 Å². The van der Waals surface area contributed by atoms with E-state index in [9.17, 15) is 9.59 Å². The third-order valence-electron chi connectivity index (χ3n) is 5.68. The number of benzene rings is 1. The van der Waals surface area contributed by atoms with Crippen LogP contribution >= 0.6 is 0 Å². The van der Waals surface area contributed by atoms with Gasteiger partial charge >= 0.3 is 6.03 Å². The van der Waals surface area contributed by atoms with Gasteiger partial charge in [-0.1, -0.05) is 24.6 Å². The molecule has 1 atom stereocenters. The van der Waals surface area contributed by atoms with Gasteiger partial charge in [0.2, 0.25) is 5.91 Å². The van der Waals surface area contributed by atoms with Gasteiger partial charge in [0.25, 0.3) is 0 Å². The summed E-state index contributed by atoms with van der Waals surface area (Å²) >= 11 is 0. The van der Waals surface area contributed by atoms with Crippen LogP contribution in [0, 0.1) is 6.92 Å². The fourth-order valence-corrected chi connectivity index (χ4v) is 3.41. The van der Waals surface area contributed by atoms with Crippen LogP contribution in [-0.2, 0) is 24.9 Å². The van der Waals surface area contributed by atoms with Crippen LogP contribution in [0.2, 0.25) is 0 Å². The van der Waals surface area contributed by atoms with Crippen molar-refractivity contribution in [3.05, 3.63) is 78.0 Å². The molecule has 1 aromatic carbocycles. The molecule has 2 aromatic heterocycles. The van der Waals surface area contributed by atoms with Crippen molar-refractivity contribution in [1.82, 2.24) is 14.4 Å². The summed E-state index contributed by atoms with van der Waals surface area (Å²) in [7, 11) is 1.95. The molecule has 0 saturated heterocycles. The molecular weight excluding hydrogens is 404 g/mol. The highest BCUT2D eigenvalue weighted by Gasteiger charge is 2.26. The highest BCUT2D eigenvalue weighted by atomic mass is 16.3. The number of urea groups is 1.